The van der Waals surface area contributed by atoms with Gasteiger partial charge in [0, 0.05) is 5.56 Å². The average Bonchev–Trinajstić information content (AvgIpc) is 2.56. The van der Waals surface area contributed by atoms with Crippen molar-refractivity contribution < 1.29 is 8.81 Å². The van der Waals surface area contributed by atoms with Crippen molar-refractivity contribution >= 4 is 6.01 Å². The lowest BCUT2D eigenvalue weighted by molar-refractivity contribution is 0.586. The van der Waals surface area contributed by atoms with Crippen molar-refractivity contribution in [3.63, 3.8) is 0 Å². The van der Waals surface area contributed by atoms with Crippen molar-refractivity contribution in [2.75, 3.05) is 5.73 Å². The van der Waals surface area contributed by atoms with Crippen LogP contribution in [-0.4, -0.2) is 10.2 Å². The first-order chi connectivity index (χ1) is 6.66. The van der Waals surface area contributed by atoms with Gasteiger partial charge in [-0.3, -0.25) is 0 Å². The minimum atomic E-state index is -0.345. The number of rotatable bonds is 1. The van der Waals surface area contributed by atoms with Crippen LogP contribution in [0.2, 0.25) is 0 Å². The molecule has 2 aromatic rings. The number of anilines is 1. The summed E-state index contributed by atoms with van der Waals surface area (Å²) in [6, 6.07) is 4.33. The van der Waals surface area contributed by atoms with Crippen molar-refractivity contribution in [2.45, 2.75) is 6.92 Å². The van der Waals surface area contributed by atoms with E-state index < -0.39 is 0 Å². The predicted molar refractivity (Wildman–Crippen MR) is 48.8 cm³/mol. The lowest BCUT2D eigenvalue weighted by atomic mass is 10.1. The molecule has 2 N–H and O–H groups in total. The second-order valence-electron chi connectivity index (χ2n) is 2.90. The maximum atomic E-state index is 12.9. The van der Waals surface area contributed by atoms with Crippen LogP contribution in [0.15, 0.2) is 22.6 Å². The molecule has 0 spiro atoms. The van der Waals surface area contributed by atoms with Gasteiger partial charge in [-0.1, -0.05) is 11.2 Å². The number of nitrogens with zero attached hydrogens (tertiary/aromatic N) is 2. The number of halogens is 1. The van der Waals surface area contributed by atoms with Gasteiger partial charge >= 0.3 is 6.01 Å². The van der Waals surface area contributed by atoms with E-state index >= 15 is 0 Å². The number of nitrogens with two attached hydrogens (primary N) is 1. The van der Waals surface area contributed by atoms with Crippen molar-refractivity contribution in [1.29, 1.82) is 0 Å². The Morgan fingerprint density at radius 2 is 2.14 bits per heavy atom. The maximum Gasteiger partial charge on any atom is 0.313 e. The zero-order valence-electron chi connectivity index (χ0n) is 7.49. The van der Waals surface area contributed by atoms with E-state index in [9.17, 15) is 4.39 Å². The summed E-state index contributed by atoms with van der Waals surface area (Å²) in [6.45, 7) is 1.83. The molecule has 0 amide bonds. The first kappa shape index (κ1) is 8.68. The number of nitrogen functional groups attached to an aromatic ring is 1. The molecule has 1 heterocycles. The zero-order valence-corrected chi connectivity index (χ0v) is 7.49. The van der Waals surface area contributed by atoms with Crippen LogP contribution in [0, 0.1) is 12.7 Å². The second-order valence-corrected chi connectivity index (χ2v) is 2.90. The van der Waals surface area contributed by atoms with Gasteiger partial charge in [-0.05, 0) is 24.6 Å². The summed E-state index contributed by atoms with van der Waals surface area (Å²) in [5.74, 6) is -0.109. The van der Waals surface area contributed by atoms with Gasteiger partial charge in [0.05, 0.1) is 0 Å². The first-order valence-corrected chi connectivity index (χ1v) is 4.02. The van der Waals surface area contributed by atoms with Gasteiger partial charge in [0.25, 0.3) is 0 Å². The van der Waals surface area contributed by atoms with Crippen molar-refractivity contribution in [3.05, 3.63) is 29.6 Å². The number of hydrogen-bond acceptors (Lipinski definition) is 4. The van der Waals surface area contributed by atoms with Crippen LogP contribution >= 0.6 is 0 Å². The Kier molecular flexibility index (Phi) is 1.92. The standard InChI is InChI=1S/C9H8FN3O/c1-5-2-3-6(10)4-7(5)8-12-13-9(11)14-8/h2-4H,1H3,(H2,11,13). The van der Waals surface area contributed by atoms with E-state index in [1.807, 2.05) is 6.92 Å². The molecule has 0 saturated carbocycles. The fourth-order valence-corrected chi connectivity index (χ4v) is 1.17. The van der Waals surface area contributed by atoms with Crippen LogP contribution in [0.4, 0.5) is 10.4 Å². The molecule has 14 heavy (non-hydrogen) atoms. The summed E-state index contributed by atoms with van der Waals surface area (Å²) in [6.07, 6.45) is 0. The minimum absolute atomic E-state index is 0.0244. The highest BCUT2D eigenvalue weighted by atomic mass is 19.1. The number of aromatic nitrogens is 2. The monoisotopic (exact) mass is 193 g/mol. The number of aryl methyl sites for hydroxylation is 1. The van der Waals surface area contributed by atoms with Crippen LogP contribution in [0.25, 0.3) is 11.5 Å². The normalized spacial score (nSPS) is 10.4. The molecule has 0 unspecified atom stereocenters. The Morgan fingerprint density at radius 3 is 2.79 bits per heavy atom. The second kappa shape index (κ2) is 3.10. The molecule has 0 radical (unpaired) electrons. The van der Waals surface area contributed by atoms with Gasteiger partial charge in [-0.15, -0.1) is 5.10 Å². The molecule has 0 bridgehead atoms. The van der Waals surface area contributed by atoms with Crippen LogP contribution < -0.4 is 5.73 Å². The van der Waals surface area contributed by atoms with Crippen molar-refractivity contribution in [1.82, 2.24) is 10.2 Å². The average molecular weight is 193 g/mol. The maximum absolute atomic E-state index is 12.9. The summed E-state index contributed by atoms with van der Waals surface area (Å²) in [7, 11) is 0. The van der Waals surface area contributed by atoms with E-state index in [-0.39, 0.29) is 17.7 Å². The van der Waals surface area contributed by atoms with E-state index in [0.29, 0.717) is 5.56 Å². The Morgan fingerprint density at radius 1 is 1.36 bits per heavy atom. The Hall–Kier alpha value is -1.91. The van der Waals surface area contributed by atoms with Crippen molar-refractivity contribution in [2.24, 2.45) is 0 Å². The Bertz CT molecular complexity index is 467. The summed E-state index contributed by atoms with van der Waals surface area (Å²) in [5, 5.41) is 7.18. The number of benzene rings is 1. The van der Waals surface area contributed by atoms with E-state index in [2.05, 4.69) is 10.2 Å². The van der Waals surface area contributed by atoms with Gasteiger partial charge in [0.2, 0.25) is 5.89 Å². The third-order valence-corrected chi connectivity index (χ3v) is 1.87. The van der Waals surface area contributed by atoms with Gasteiger partial charge in [0.15, 0.2) is 0 Å². The zero-order chi connectivity index (χ0) is 10.1. The summed E-state index contributed by atoms with van der Waals surface area (Å²) in [4.78, 5) is 0. The Labute approximate surface area is 79.6 Å². The van der Waals surface area contributed by atoms with Crippen LogP contribution in [0.3, 0.4) is 0 Å². The summed E-state index contributed by atoms with van der Waals surface area (Å²) < 4.78 is 17.9. The molecular weight excluding hydrogens is 185 g/mol. The molecule has 0 aliphatic rings. The quantitative estimate of drug-likeness (QED) is 0.749. The van der Waals surface area contributed by atoms with Crippen LogP contribution in [-0.2, 0) is 0 Å². The van der Waals surface area contributed by atoms with E-state index in [1.54, 1.807) is 6.07 Å². The SMILES string of the molecule is Cc1ccc(F)cc1-c1nnc(N)o1. The van der Waals surface area contributed by atoms with Gasteiger partial charge < -0.3 is 10.2 Å². The minimum Gasteiger partial charge on any atom is -0.404 e. The predicted octanol–water partition coefficient (Wildman–Crippen LogP) is 1.77. The largest absolute Gasteiger partial charge is 0.404 e. The molecular formula is C9H8FN3O. The van der Waals surface area contributed by atoms with E-state index in [0.717, 1.165) is 5.56 Å². The highest BCUT2D eigenvalue weighted by Gasteiger charge is 2.09. The first-order valence-electron chi connectivity index (χ1n) is 4.02. The van der Waals surface area contributed by atoms with Crippen LogP contribution in [0.1, 0.15) is 5.56 Å². The fraction of sp³-hybridized carbons (Fsp3) is 0.111. The molecule has 4 nitrogen and oxygen atoms in total. The molecule has 1 aromatic heterocycles. The fourth-order valence-electron chi connectivity index (χ4n) is 1.17. The lowest BCUT2D eigenvalue weighted by Crippen LogP contribution is -1.85. The van der Waals surface area contributed by atoms with Gasteiger partial charge in [0.1, 0.15) is 5.82 Å². The van der Waals surface area contributed by atoms with Crippen LogP contribution in [0.5, 0.6) is 0 Å². The highest BCUT2D eigenvalue weighted by molar-refractivity contribution is 5.58. The smallest absolute Gasteiger partial charge is 0.313 e. The molecule has 5 heteroatoms. The Balaban J connectivity index is 2.55. The molecule has 0 aliphatic carbocycles. The third kappa shape index (κ3) is 1.44. The molecule has 0 aliphatic heterocycles. The molecule has 2 rings (SSSR count). The third-order valence-electron chi connectivity index (χ3n) is 1.87. The molecule has 0 fully saturated rings. The number of hydrogen-bond donors (Lipinski definition) is 1. The molecule has 1 aromatic carbocycles. The van der Waals surface area contributed by atoms with Crippen molar-refractivity contribution in [3.8, 4) is 11.5 Å². The lowest BCUT2D eigenvalue weighted by Gasteiger charge is -1.99. The highest BCUT2D eigenvalue weighted by Crippen LogP contribution is 2.23. The van der Waals surface area contributed by atoms with E-state index in [1.165, 1.54) is 12.1 Å². The topological polar surface area (TPSA) is 64.9 Å². The molecule has 72 valence electrons. The molecule has 0 atom stereocenters. The summed E-state index contributed by atoms with van der Waals surface area (Å²) >= 11 is 0. The van der Waals surface area contributed by atoms with E-state index in [4.69, 9.17) is 10.2 Å². The van der Waals surface area contributed by atoms with Gasteiger partial charge in [-0.25, -0.2) is 4.39 Å². The molecule has 0 saturated heterocycles. The summed E-state index contributed by atoms with van der Waals surface area (Å²) in [5.41, 5.74) is 6.69. The van der Waals surface area contributed by atoms with Gasteiger partial charge in [-0.2, -0.15) is 0 Å².